The molecule has 0 spiro atoms. The Bertz CT molecular complexity index is 2410. The second-order valence-electron chi connectivity index (χ2n) is 22.7. The Morgan fingerprint density at radius 1 is 0.558 bits per heavy atom. The summed E-state index contributed by atoms with van der Waals surface area (Å²) in [7, 11) is 6.10. The van der Waals surface area contributed by atoms with Crippen molar-refractivity contribution in [3.8, 4) is 0 Å². The van der Waals surface area contributed by atoms with Gasteiger partial charge in [-0.3, -0.25) is 0 Å². The number of carbonyl (C=O) groups is 4. The molecule has 0 saturated heterocycles. The van der Waals surface area contributed by atoms with Crippen LogP contribution in [0.25, 0.3) is 0 Å². The number of pyridine rings is 3. The van der Waals surface area contributed by atoms with Crippen LogP contribution < -0.4 is 31.1 Å². The Morgan fingerprint density at radius 2 is 0.857 bits per heavy atom. The number of nitrogens with zero attached hydrogens (tertiary/aromatic N) is 6. The Kier molecular flexibility index (Phi) is 23.7. The third-order valence-corrected chi connectivity index (χ3v) is 14.6. The first kappa shape index (κ1) is 64.1. The molecule has 3 aromatic rings. The van der Waals surface area contributed by atoms with E-state index in [0.717, 1.165) is 36.1 Å². The van der Waals surface area contributed by atoms with Crippen LogP contribution in [0.15, 0.2) is 41.0 Å². The molecule has 3 aromatic heterocycles. The molecule has 6 aliphatic carbocycles. The lowest BCUT2D eigenvalue weighted by Crippen LogP contribution is -2.38. The predicted octanol–water partition coefficient (Wildman–Crippen LogP) is 12.3. The molecule has 0 aromatic carbocycles. The molecule has 0 radical (unpaired) electrons. The monoisotopic (exact) mass is 1150 g/mol. The van der Waals surface area contributed by atoms with Crippen molar-refractivity contribution >= 4 is 68.9 Å². The van der Waals surface area contributed by atoms with Crippen LogP contribution in [-0.2, 0) is 14.3 Å². The van der Waals surface area contributed by atoms with Crippen LogP contribution in [0, 0.1) is 0 Å². The average Bonchev–Trinajstić information content (AvgIpc) is 3.22. The summed E-state index contributed by atoms with van der Waals surface area (Å²) in [4.78, 5) is 65.1. The highest BCUT2D eigenvalue weighted by molar-refractivity contribution is 9.10. The molecule has 21 heteroatoms. The Labute approximate surface area is 462 Å². The molecule has 3 heterocycles. The van der Waals surface area contributed by atoms with Crippen molar-refractivity contribution in [1.29, 1.82) is 0 Å². The highest BCUT2D eigenvalue weighted by Gasteiger charge is 2.38. The van der Waals surface area contributed by atoms with E-state index < -0.39 is 29.3 Å². The third kappa shape index (κ3) is 20.7. The highest BCUT2D eigenvalue weighted by atomic mass is 79.9. The Balaban J connectivity index is 0.000000224. The van der Waals surface area contributed by atoms with Crippen LogP contribution in [0.3, 0.4) is 0 Å². The maximum Gasteiger partial charge on any atom is 0.490 e. The molecule has 430 valence electrons. The second kappa shape index (κ2) is 28.4. The van der Waals surface area contributed by atoms with E-state index in [2.05, 4.69) is 58.3 Å². The molecule has 0 bridgehead atoms. The maximum absolute atomic E-state index is 12.5. The molecule has 6 aliphatic rings. The van der Waals surface area contributed by atoms with Crippen molar-refractivity contribution in [2.24, 2.45) is 5.73 Å². The van der Waals surface area contributed by atoms with Crippen molar-refractivity contribution in [3.05, 3.63) is 57.7 Å². The zero-order valence-electron chi connectivity index (χ0n) is 45.8. The van der Waals surface area contributed by atoms with Gasteiger partial charge in [0.25, 0.3) is 0 Å². The molecule has 6 N–H and O–H groups in total. The van der Waals surface area contributed by atoms with Gasteiger partial charge in [0.05, 0.1) is 16.7 Å². The molecule has 0 aliphatic heterocycles. The summed E-state index contributed by atoms with van der Waals surface area (Å²) in [6.45, 7) is 11.3. The topological polar surface area (TPSA) is 226 Å². The van der Waals surface area contributed by atoms with Gasteiger partial charge >= 0.3 is 30.1 Å². The predicted molar refractivity (Wildman–Crippen MR) is 301 cm³/mol. The third-order valence-electron chi connectivity index (χ3n) is 14.2. The number of esters is 2. The van der Waals surface area contributed by atoms with Gasteiger partial charge in [-0.15, -0.1) is 0 Å². The number of anilines is 5. The van der Waals surface area contributed by atoms with Gasteiger partial charge in [0.15, 0.2) is 0 Å². The quantitative estimate of drug-likeness (QED) is 0.0792. The number of nitrogens with one attached hydrogen (secondary N) is 2. The molecular weight excluding hydrogens is 1060 g/mol. The van der Waals surface area contributed by atoms with Crippen LogP contribution >= 0.6 is 15.9 Å². The minimum Gasteiger partial charge on any atom is -0.478 e. The number of rotatable bonds is 13. The van der Waals surface area contributed by atoms with E-state index in [1.807, 2.05) is 67.8 Å². The lowest BCUT2D eigenvalue weighted by Gasteiger charge is -2.36. The number of carboxylic acids is 2. The summed E-state index contributed by atoms with van der Waals surface area (Å²) in [5.41, 5.74) is 5.80. The van der Waals surface area contributed by atoms with Gasteiger partial charge in [-0.2, -0.15) is 13.2 Å². The zero-order valence-corrected chi connectivity index (χ0v) is 47.4. The summed E-state index contributed by atoms with van der Waals surface area (Å²) in [6, 6.07) is 13.6. The van der Waals surface area contributed by atoms with E-state index in [4.69, 9.17) is 30.1 Å². The largest absolute Gasteiger partial charge is 0.490 e. The number of carbonyl (C=O) groups excluding carboxylic acids is 2. The molecule has 6 fully saturated rings. The van der Waals surface area contributed by atoms with Crippen molar-refractivity contribution in [1.82, 2.24) is 15.0 Å². The zero-order chi connectivity index (χ0) is 56.1. The molecular formula is C56H85BrF3N9O8. The summed E-state index contributed by atoms with van der Waals surface area (Å²) < 4.78 is 43.3. The van der Waals surface area contributed by atoms with Crippen molar-refractivity contribution in [2.75, 3.05) is 46.5 Å². The number of hydrogen-bond donors (Lipinski definition) is 5. The van der Waals surface area contributed by atoms with Crippen molar-refractivity contribution in [3.63, 3.8) is 0 Å². The Hall–Kier alpha value is -5.44. The summed E-state index contributed by atoms with van der Waals surface area (Å²) in [5.74, 6) is -0.361. The number of halogens is 4. The second-order valence-corrected chi connectivity index (χ2v) is 23.5. The highest BCUT2D eigenvalue weighted by Crippen LogP contribution is 2.33. The van der Waals surface area contributed by atoms with Gasteiger partial charge in [0.2, 0.25) is 0 Å². The van der Waals surface area contributed by atoms with Crippen LogP contribution in [0.4, 0.5) is 42.3 Å². The van der Waals surface area contributed by atoms with Gasteiger partial charge in [0.1, 0.15) is 44.9 Å². The van der Waals surface area contributed by atoms with Crippen LogP contribution in [0.1, 0.15) is 196 Å². The van der Waals surface area contributed by atoms with Crippen LogP contribution in [0.2, 0.25) is 0 Å². The lowest BCUT2D eigenvalue weighted by atomic mass is 9.92. The molecule has 17 nitrogen and oxygen atoms in total. The molecule has 0 atom stereocenters. The van der Waals surface area contributed by atoms with E-state index in [0.29, 0.717) is 63.4 Å². The van der Waals surface area contributed by atoms with E-state index in [1.165, 1.54) is 103 Å². The first-order valence-corrected chi connectivity index (χ1v) is 27.5. The molecule has 0 amide bonds. The number of aromatic carboxylic acids is 1. The van der Waals surface area contributed by atoms with Gasteiger partial charge in [-0.25, -0.2) is 34.1 Å². The number of aliphatic carboxylic acids is 1. The van der Waals surface area contributed by atoms with Crippen LogP contribution in [-0.4, -0.2) is 124 Å². The number of ether oxygens (including phenoxy) is 2. The minimum absolute atomic E-state index is 0. The van der Waals surface area contributed by atoms with E-state index in [-0.39, 0.29) is 19.4 Å². The lowest BCUT2D eigenvalue weighted by molar-refractivity contribution is -0.192. The van der Waals surface area contributed by atoms with E-state index >= 15 is 0 Å². The Morgan fingerprint density at radius 3 is 1.12 bits per heavy atom. The number of alkyl halides is 3. The number of aromatic nitrogens is 3. The minimum atomic E-state index is -5.08. The fraction of sp³-hybridized carbons (Fsp3) is 0.661. The average molecular weight is 1150 g/mol. The normalized spacial score (nSPS) is 17.5. The van der Waals surface area contributed by atoms with Gasteiger partial charge in [-0.05, 0) is 203 Å². The fourth-order valence-corrected chi connectivity index (χ4v) is 8.51. The summed E-state index contributed by atoms with van der Waals surface area (Å²) in [6.07, 6.45) is 16.8. The number of nitrogens with two attached hydrogens (primary N) is 1. The fourth-order valence-electron chi connectivity index (χ4n) is 8.08. The van der Waals surface area contributed by atoms with E-state index in [9.17, 15) is 32.7 Å². The molecule has 0 unspecified atom stereocenters. The van der Waals surface area contributed by atoms with Gasteiger partial charge < -0.3 is 50.8 Å². The smallest absolute Gasteiger partial charge is 0.478 e. The molecule has 77 heavy (non-hydrogen) atoms. The first-order valence-electron chi connectivity index (χ1n) is 26.7. The first-order chi connectivity index (χ1) is 35.5. The summed E-state index contributed by atoms with van der Waals surface area (Å²) >= 11 is 3.37. The maximum atomic E-state index is 12.5. The van der Waals surface area contributed by atoms with Gasteiger partial charge in [-0.1, -0.05) is 13.8 Å². The van der Waals surface area contributed by atoms with E-state index in [1.54, 1.807) is 24.3 Å². The molecule has 6 saturated carbocycles. The number of hydrogen-bond acceptors (Lipinski definition) is 15. The SMILES string of the molecule is C.CN(c1cc(C(=O)O)cc(NC2CCC2)n1)C1CCC1.CN(c1cc(C(=O)OC(C)(C)C)cc(Br)n1)C1CCC1.CN(c1cc(C(=O)OC(C)(C)C)cc(NC2CCC2)n1)C1CCC1.NC1CCC1.O=C(O)C(F)(F)F. The number of carboxylic acid groups (broad SMARTS) is 2. The standard InChI is InChI=1S/C19H29N3O2.C15H21BrN2O2.C15H21N3O2.C4H9N.C2HF3O2.CH4/c1-19(2,3)24-18(23)13-11-16(20-14-7-5-8-14)21-17(12-13)22(4)15-9-6-10-15;1-15(2,3)20-14(19)10-8-12(16)17-13(9-10)18(4)11-6-5-7-11;1-18(12-6-3-7-12)14-9-10(15(19)20)8-13(17-14)16-11-4-2-5-11;5-4-2-1-3-4;3-2(4,5)1(6)7;/h11-12,14-15H,5-10H2,1-4H3,(H,20,21);8-9,11H,5-7H2,1-4H3;8-9,11-12H,2-7H2,1H3,(H,16,17)(H,19,20);4H,1-3,5H2;(H,6,7);1H4. The van der Waals surface area contributed by atoms with Crippen molar-refractivity contribution < 1.29 is 52.0 Å². The van der Waals surface area contributed by atoms with Gasteiger partial charge in [0, 0.05) is 57.4 Å². The molecule has 9 rings (SSSR count). The van der Waals surface area contributed by atoms with Crippen molar-refractivity contribution in [2.45, 2.75) is 218 Å². The van der Waals surface area contributed by atoms with Crippen LogP contribution in [0.5, 0.6) is 0 Å². The summed E-state index contributed by atoms with van der Waals surface area (Å²) in [5, 5.41) is 23.2.